The van der Waals surface area contributed by atoms with Crippen LogP contribution in [0.3, 0.4) is 0 Å². The summed E-state index contributed by atoms with van der Waals surface area (Å²) in [5, 5.41) is 0. The predicted octanol–water partition coefficient (Wildman–Crippen LogP) is 4.12. The van der Waals surface area contributed by atoms with Gasteiger partial charge in [-0.2, -0.15) is 0 Å². The number of hydrogen-bond donors (Lipinski definition) is 1. The Morgan fingerprint density at radius 1 is 0.833 bits per heavy atom. The van der Waals surface area contributed by atoms with Gasteiger partial charge in [-0.1, -0.05) is 24.3 Å². The lowest BCUT2D eigenvalue weighted by Gasteiger charge is -2.17. The summed E-state index contributed by atoms with van der Waals surface area (Å²) in [4.78, 5) is 0. The SMILES string of the molecule is Cc1cc(N)cc(-c2ccc3c(c2)CCCC3)c1. The molecule has 0 radical (unpaired) electrons. The van der Waals surface area contributed by atoms with E-state index in [1.807, 2.05) is 6.07 Å². The molecule has 1 aliphatic rings. The van der Waals surface area contributed by atoms with E-state index >= 15 is 0 Å². The van der Waals surface area contributed by atoms with Gasteiger partial charge in [0.15, 0.2) is 0 Å². The standard InChI is InChI=1S/C17H19N/c1-12-8-16(11-17(18)9-12)15-7-6-13-4-2-3-5-14(13)10-15/h6-11H,2-5,18H2,1H3. The second kappa shape index (κ2) is 4.49. The Kier molecular flexibility index (Phi) is 2.83. The number of benzene rings is 2. The number of fused-ring (bicyclic) bond motifs is 1. The highest BCUT2D eigenvalue weighted by molar-refractivity contribution is 5.69. The fourth-order valence-electron chi connectivity index (χ4n) is 2.89. The van der Waals surface area contributed by atoms with Gasteiger partial charge in [0.1, 0.15) is 0 Å². The lowest BCUT2D eigenvalue weighted by atomic mass is 9.89. The number of anilines is 1. The van der Waals surface area contributed by atoms with Gasteiger partial charge in [0, 0.05) is 5.69 Å². The van der Waals surface area contributed by atoms with Crippen molar-refractivity contribution < 1.29 is 0 Å². The first-order valence-electron chi connectivity index (χ1n) is 6.72. The number of aryl methyl sites for hydroxylation is 3. The smallest absolute Gasteiger partial charge is 0.0322 e. The molecule has 2 aromatic rings. The first-order valence-corrected chi connectivity index (χ1v) is 6.72. The lowest BCUT2D eigenvalue weighted by molar-refractivity contribution is 0.686. The average molecular weight is 237 g/mol. The first-order chi connectivity index (χ1) is 8.72. The molecule has 2 aromatic carbocycles. The third kappa shape index (κ3) is 2.13. The second-order valence-electron chi connectivity index (χ2n) is 5.32. The molecule has 92 valence electrons. The molecule has 0 unspecified atom stereocenters. The molecule has 0 spiro atoms. The summed E-state index contributed by atoms with van der Waals surface area (Å²) in [6, 6.07) is 13.2. The van der Waals surface area contributed by atoms with E-state index in [9.17, 15) is 0 Å². The normalized spacial score (nSPS) is 14.3. The number of nitrogens with two attached hydrogens (primary N) is 1. The van der Waals surface area contributed by atoms with Crippen LogP contribution < -0.4 is 5.73 Å². The maximum Gasteiger partial charge on any atom is 0.0322 e. The quantitative estimate of drug-likeness (QED) is 0.742. The lowest BCUT2D eigenvalue weighted by Crippen LogP contribution is -2.02. The van der Waals surface area contributed by atoms with Gasteiger partial charge in [0.25, 0.3) is 0 Å². The van der Waals surface area contributed by atoms with Crippen LogP contribution >= 0.6 is 0 Å². The van der Waals surface area contributed by atoms with Crippen molar-refractivity contribution in [2.75, 3.05) is 5.73 Å². The maximum absolute atomic E-state index is 5.93. The van der Waals surface area contributed by atoms with Gasteiger partial charge in [0.05, 0.1) is 0 Å². The predicted molar refractivity (Wildman–Crippen MR) is 77.7 cm³/mol. The Morgan fingerprint density at radius 3 is 2.39 bits per heavy atom. The van der Waals surface area contributed by atoms with E-state index in [0.717, 1.165) is 5.69 Å². The fourth-order valence-corrected chi connectivity index (χ4v) is 2.89. The first kappa shape index (κ1) is 11.3. The minimum atomic E-state index is 0.850. The van der Waals surface area contributed by atoms with Gasteiger partial charge in [-0.15, -0.1) is 0 Å². The van der Waals surface area contributed by atoms with E-state index in [4.69, 9.17) is 5.73 Å². The summed E-state index contributed by atoms with van der Waals surface area (Å²) in [7, 11) is 0. The Bertz CT molecular complexity index is 564. The van der Waals surface area contributed by atoms with Crippen LogP contribution in [0.1, 0.15) is 29.5 Å². The summed E-state index contributed by atoms with van der Waals surface area (Å²) in [5.41, 5.74) is 13.6. The maximum atomic E-state index is 5.93. The minimum absolute atomic E-state index is 0.850. The highest BCUT2D eigenvalue weighted by atomic mass is 14.5. The molecule has 18 heavy (non-hydrogen) atoms. The molecule has 3 rings (SSSR count). The molecule has 0 saturated heterocycles. The largest absolute Gasteiger partial charge is 0.399 e. The van der Waals surface area contributed by atoms with Crippen LogP contribution in [0.2, 0.25) is 0 Å². The van der Waals surface area contributed by atoms with Crippen LogP contribution in [0.25, 0.3) is 11.1 Å². The van der Waals surface area contributed by atoms with Crippen molar-refractivity contribution in [3.63, 3.8) is 0 Å². The van der Waals surface area contributed by atoms with Crippen LogP contribution in [0.15, 0.2) is 36.4 Å². The Labute approximate surface area is 109 Å². The van der Waals surface area contributed by atoms with Gasteiger partial charge in [-0.25, -0.2) is 0 Å². The molecule has 0 bridgehead atoms. The number of hydrogen-bond acceptors (Lipinski definition) is 1. The average Bonchev–Trinajstić information content (AvgIpc) is 2.37. The molecular weight excluding hydrogens is 218 g/mol. The second-order valence-corrected chi connectivity index (χ2v) is 5.32. The monoisotopic (exact) mass is 237 g/mol. The third-order valence-corrected chi connectivity index (χ3v) is 3.78. The van der Waals surface area contributed by atoms with Crippen molar-refractivity contribution in [1.82, 2.24) is 0 Å². The van der Waals surface area contributed by atoms with Gasteiger partial charge in [0.2, 0.25) is 0 Å². The molecule has 0 aromatic heterocycles. The van der Waals surface area contributed by atoms with Gasteiger partial charge in [-0.3, -0.25) is 0 Å². The van der Waals surface area contributed by atoms with E-state index in [1.165, 1.54) is 53.5 Å². The molecule has 0 atom stereocenters. The fraction of sp³-hybridized carbons (Fsp3) is 0.294. The van der Waals surface area contributed by atoms with E-state index in [1.54, 1.807) is 0 Å². The van der Waals surface area contributed by atoms with Gasteiger partial charge in [-0.05, 0) is 72.6 Å². The zero-order valence-electron chi connectivity index (χ0n) is 10.9. The summed E-state index contributed by atoms with van der Waals surface area (Å²) >= 11 is 0. The summed E-state index contributed by atoms with van der Waals surface area (Å²) < 4.78 is 0. The molecule has 1 nitrogen and oxygen atoms in total. The Hall–Kier alpha value is -1.76. The van der Waals surface area contributed by atoms with Gasteiger partial charge < -0.3 is 5.73 Å². The van der Waals surface area contributed by atoms with Crippen LogP contribution in [0.5, 0.6) is 0 Å². The van der Waals surface area contributed by atoms with Gasteiger partial charge >= 0.3 is 0 Å². The third-order valence-electron chi connectivity index (χ3n) is 3.78. The number of nitrogen functional groups attached to an aromatic ring is 1. The number of rotatable bonds is 1. The van der Waals surface area contributed by atoms with Crippen molar-refractivity contribution in [2.45, 2.75) is 32.6 Å². The van der Waals surface area contributed by atoms with Crippen LogP contribution in [0.4, 0.5) is 5.69 Å². The van der Waals surface area contributed by atoms with Crippen molar-refractivity contribution >= 4 is 5.69 Å². The van der Waals surface area contributed by atoms with Crippen LogP contribution in [-0.2, 0) is 12.8 Å². The van der Waals surface area contributed by atoms with E-state index in [-0.39, 0.29) is 0 Å². The van der Waals surface area contributed by atoms with Crippen LogP contribution in [-0.4, -0.2) is 0 Å². The Morgan fingerprint density at radius 2 is 1.61 bits per heavy atom. The molecular formula is C17H19N. The van der Waals surface area contributed by atoms with Crippen molar-refractivity contribution in [2.24, 2.45) is 0 Å². The minimum Gasteiger partial charge on any atom is -0.399 e. The van der Waals surface area contributed by atoms with E-state index in [0.29, 0.717) is 0 Å². The van der Waals surface area contributed by atoms with Crippen molar-refractivity contribution in [3.8, 4) is 11.1 Å². The van der Waals surface area contributed by atoms with E-state index < -0.39 is 0 Å². The zero-order chi connectivity index (χ0) is 12.5. The highest BCUT2D eigenvalue weighted by Crippen LogP contribution is 2.29. The van der Waals surface area contributed by atoms with Crippen molar-refractivity contribution in [1.29, 1.82) is 0 Å². The van der Waals surface area contributed by atoms with Crippen LogP contribution in [0, 0.1) is 6.92 Å². The zero-order valence-corrected chi connectivity index (χ0v) is 10.9. The Balaban J connectivity index is 2.06. The molecule has 1 heteroatoms. The molecule has 1 aliphatic carbocycles. The topological polar surface area (TPSA) is 26.0 Å². The highest BCUT2D eigenvalue weighted by Gasteiger charge is 2.10. The molecule has 0 heterocycles. The molecule has 0 saturated carbocycles. The summed E-state index contributed by atoms with van der Waals surface area (Å²) in [6.07, 6.45) is 5.13. The summed E-state index contributed by atoms with van der Waals surface area (Å²) in [6.45, 7) is 2.10. The van der Waals surface area contributed by atoms with Crippen molar-refractivity contribution in [3.05, 3.63) is 53.1 Å². The summed E-state index contributed by atoms with van der Waals surface area (Å²) in [5.74, 6) is 0. The van der Waals surface area contributed by atoms with E-state index in [2.05, 4.69) is 37.3 Å². The molecule has 0 amide bonds. The molecule has 0 aliphatic heterocycles. The molecule has 2 N–H and O–H groups in total. The molecule has 0 fully saturated rings.